The maximum absolute atomic E-state index is 12.3. The van der Waals surface area contributed by atoms with E-state index in [9.17, 15) is 4.79 Å². The van der Waals surface area contributed by atoms with Crippen molar-refractivity contribution in [3.63, 3.8) is 0 Å². The van der Waals surface area contributed by atoms with E-state index in [1.54, 1.807) is 4.68 Å². The van der Waals surface area contributed by atoms with Crippen molar-refractivity contribution in [2.24, 2.45) is 0 Å². The van der Waals surface area contributed by atoms with Gasteiger partial charge in [-0.05, 0) is 30.5 Å². The van der Waals surface area contributed by atoms with Crippen LogP contribution in [0, 0.1) is 0 Å². The van der Waals surface area contributed by atoms with Crippen LogP contribution in [0.3, 0.4) is 0 Å². The summed E-state index contributed by atoms with van der Waals surface area (Å²) in [5, 5.41) is 0.669. The maximum atomic E-state index is 12.3. The monoisotopic (exact) mass is 293 g/mol. The van der Waals surface area contributed by atoms with Crippen molar-refractivity contribution in [3.8, 4) is 0 Å². The molecule has 0 aliphatic heterocycles. The molecule has 0 unspecified atom stereocenters. The van der Waals surface area contributed by atoms with Crippen molar-refractivity contribution < 1.29 is 0 Å². The lowest BCUT2D eigenvalue weighted by atomic mass is 10.1. The first-order valence-electron chi connectivity index (χ1n) is 6.79. The summed E-state index contributed by atoms with van der Waals surface area (Å²) in [5.41, 5.74) is 8.10. The minimum absolute atomic E-state index is 0.129. The van der Waals surface area contributed by atoms with Crippen LogP contribution in [0.4, 0.5) is 5.69 Å². The first-order valence-corrected chi connectivity index (χ1v) is 7.16. The Hall–Kier alpha value is -1.68. The van der Waals surface area contributed by atoms with Gasteiger partial charge < -0.3 is 5.73 Å². The Balaban J connectivity index is 2.52. The van der Waals surface area contributed by atoms with Crippen LogP contribution in [0.5, 0.6) is 0 Å². The summed E-state index contributed by atoms with van der Waals surface area (Å²) in [5.74, 6) is 0.211. The van der Waals surface area contributed by atoms with Crippen molar-refractivity contribution in [2.75, 3.05) is 5.73 Å². The lowest BCUT2D eigenvalue weighted by Gasteiger charge is -2.15. The van der Waals surface area contributed by atoms with Crippen molar-refractivity contribution in [2.45, 2.75) is 39.8 Å². The van der Waals surface area contributed by atoms with E-state index in [0.717, 1.165) is 11.3 Å². The van der Waals surface area contributed by atoms with Gasteiger partial charge in [-0.25, -0.2) is 4.68 Å². The molecule has 0 spiro atoms. The van der Waals surface area contributed by atoms with E-state index in [1.807, 2.05) is 49.7 Å². The minimum atomic E-state index is -0.129. The topological polar surface area (TPSA) is 52.9 Å². The zero-order chi connectivity index (χ0) is 14.9. The molecule has 0 radical (unpaired) electrons. The van der Waals surface area contributed by atoms with Gasteiger partial charge >= 0.3 is 0 Å². The first-order chi connectivity index (χ1) is 9.45. The zero-order valence-corrected chi connectivity index (χ0v) is 12.8. The number of aromatic nitrogens is 2. The molecule has 108 valence electrons. The van der Waals surface area contributed by atoms with Crippen LogP contribution in [-0.4, -0.2) is 9.36 Å². The van der Waals surface area contributed by atoms with Gasteiger partial charge in [0.1, 0.15) is 5.69 Å². The highest BCUT2D eigenvalue weighted by molar-refractivity contribution is 6.30. The second-order valence-corrected chi connectivity index (χ2v) is 5.60. The fourth-order valence-corrected chi connectivity index (χ4v) is 2.76. The molecule has 20 heavy (non-hydrogen) atoms. The molecule has 2 aromatic rings. The zero-order valence-electron chi connectivity index (χ0n) is 12.1. The molecule has 2 N–H and O–H groups in total. The third kappa shape index (κ3) is 2.61. The van der Waals surface area contributed by atoms with Gasteiger partial charge in [0.2, 0.25) is 0 Å². The summed E-state index contributed by atoms with van der Waals surface area (Å²) >= 11 is 5.99. The Morgan fingerprint density at radius 1 is 1.30 bits per heavy atom. The standard InChI is InChI=1S/C15H20ClN3O/c1-4-18-14(10(2)3)13(17)15(20)19(18)9-11-6-5-7-12(16)8-11/h5-8,10H,4,9,17H2,1-3H3. The summed E-state index contributed by atoms with van der Waals surface area (Å²) in [4.78, 5) is 12.3. The van der Waals surface area contributed by atoms with Crippen molar-refractivity contribution in [1.29, 1.82) is 0 Å². The van der Waals surface area contributed by atoms with Gasteiger partial charge in [0.05, 0.1) is 12.2 Å². The van der Waals surface area contributed by atoms with Crippen molar-refractivity contribution in [1.82, 2.24) is 9.36 Å². The summed E-state index contributed by atoms with van der Waals surface area (Å²) in [7, 11) is 0. The first kappa shape index (κ1) is 14.7. The number of nitrogens with zero attached hydrogens (tertiary/aromatic N) is 2. The lowest BCUT2D eigenvalue weighted by Crippen LogP contribution is -2.24. The number of anilines is 1. The van der Waals surface area contributed by atoms with E-state index < -0.39 is 0 Å². The Morgan fingerprint density at radius 3 is 2.55 bits per heavy atom. The number of nitrogens with two attached hydrogens (primary N) is 1. The average molecular weight is 294 g/mol. The largest absolute Gasteiger partial charge is 0.393 e. The van der Waals surface area contributed by atoms with E-state index >= 15 is 0 Å². The quantitative estimate of drug-likeness (QED) is 0.942. The third-order valence-electron chi connectivity index (χ3n) is 3.38. The van der Waals surface area contributed by atoms with E-state index in [4.69, 9.17) is 17.3 Å². The third-order valence-corrected chi connectivity index (χ3v) is 3.61. The van der Waals surface area contributed by atoms with Crippen LogP contribution in [-0.2, 0) is 13.1 Å². The number of halogens is 1. The lowest BCUT2D eigenvalue weighted by molar-refractivity contribution is 0.465. The molecule has 0 saturated heterocycles. The van der Waals surface area contributed by atoms with Gasteiger partial charge in [-0.15, -0.1) is 0 Å². The molecule has 0 amide bonds. The predicted molar refractivity (Wildman–Crippen MR) is 83.4 cm³/mol. The molecule has 0 bridgehead atoms. The Morgan fingerprint density at radius 2 is 2.00 bits per heavy atom. The van der Waals surface area contributed by atoms with Crippen LogP contribution >= 0.6 is 11.6 Å². The highest BCUT2D eigenvalue weighted by Crippen LogP contribution is 2.20. The second-order valence-electron chi connectivity index (χ2n) is 5.16. The molecular weight excluding hydrogens is 274 g/mol. The Kier molecular flexibility index (Phi) is 4.23. The van der Waals surface area contributed by atoms with Gasteiger partial charge in [-0.1, -0.05) is 37.6 Å². The molecule has 1 aromatic carbocycles. The molecule has 0 aliphatic carbocycles. The smallest absolute Gasteiger partial charge is 0.290 e. The van der Waals surface area contributed by atoms with E-state index in [0.29, 0.717) is 23.8 Å². The molecule has 5 heteroatoms. The molecule has 2 rings (SSSR count). The SMILES string of the molecule is CCn1c(C(C)C)c(N)c(=O)n1Cc1cccc(Cl)c1. The van der Waals surface area contributed by atoms with Crippen LogP contribution in [0.2, 0.25) is 5.02 Å². The number of hydrogen-bond donors (Lipinski definition) is 1. The van der Waals surface area contributed by atoms with Crippen LogP contribution < -0.4 is 11.3 Å². The maximum Gasteiger partial charge on any atom is 0.290 e. The predicted octanol–water partition coefficient (Wildman–Crippen LogP) is 3.08. The minimum Gasteiger partial charge on any atom is -0.393 e. The molecule has 0 fully saturated rings. The number of rotatable bonds is 4. The summed E-state index contributed by atoms with van der Waals surface area (Å²) < 4.78 is 3.65. The highest BCUT2D eigenvalue weighted by Gasteiger charge is 2.19. The molecule has 0 saturated carbocycles. The number of benzene rings is 1. The molecule has 0 aliphatic rings. The summed E-state index contributed by atoms with van der Waals surface area (Å²) in [6, 6.07) is 7.53. The second kappa shape index (κ2) is 5.75. The van der Waals surface area contributed by atoms with Crippen LogP contribution in [0.25, 0.3) is 0 Å². The van der Waals surface area contributed by atoms with Crippen LogP contribution in [0.15, 0.2) is 29.1 Å². The van der Waals surface area contributed by atoms with Gasteiger partial charge in [0, 0.05) is 11.6 Å². The highest BCUT2D eigenvalue weighted by atomic mass is 35.5. The normalized spacial score (nSPS) is 11.2. The molecule has 1 aromatic heterocycles. The molecule has 1 heterocycles. The number of nitrogen functional groups attached to an aromatic ring is 1. The van der Waals surface area contributed by atoms with Gasteiger partial charge in [0.25, 0.3) is 5.56 Å². The van der Waals surface area contributed by atoms with Gasteiger partial charge in [0.15, 0.2) is 0 Å². The van der Waals surface area contributed by atoms with Crippen molar-refractivity contribution >= 4 is 17.3 Å². The van der Waals surface area contributed by atoms with Crippen molar-refractivity contribution in [3.05, 3.63) is 50.9 Å². The molecule has 0 atom stereocenters. The Labute approximate surface area is 123 Å². The van der Waals surface area contributed by atoms with E-state index in [2.05, 4.69) is 0 Å². The summed E-state index contributed by atoms with van der Waals surface area (Å²) in [6.45, 7) is 7.28. The average Bonchev–Trinajstić information content (AvgIpc) is 2.63. The fraction of sp³-hybridized carbons (Fsp3) is 0.400. The van der Waals surface area contributed by atoms with Gasteiger partial charge in [-0.2, -0.15) is 0 Å². The van der Waals surface area contributed by atoms with E-state index in [1.165, 1.54) is 0 Å². The van der Waals surface area contributed by atoms with Gasteiger partial charge in [-0.3, -0.25) is 9.48 Å². The number of hydrogen-bond acceptors (Lipinski definition) is 2. The fourth-order valence-electron chi connectivity index (χ4n) is 2.54. The molecular formula is C15H20ClN3O. The molecule has 4 nitrogen and oxygen atoms in total. The summed E-state index contributed by atoms with van der Waals surface area (Å²) in [6.07, 6.45) is 0. The Bertz CT molecular complexity index is 670. The van der Waals surface area contributed by atoms with E-state index in [-0.39, 0.29) is 11.5 Å². The van der Waals surface area contributed by atoms with Crippen LogP contribution in [0.1, 0.15) is 37.9 Å².